The van der Waals surface area contributed by atoms with Gasteiger partial charge in [-0.05, 0) is 41.0 Å². The van der Waals surface area contributed by atoms with Crippen molar-refractivity contribution < 1.29 is 0 Å². The number of nitriles is 1. The minimum Gasteiger partial charge on any atom is -0.238 e. The van der Waals surface area contributed by atoms with E-state index in [0.29, 0.717) is 17.8 Å². The molecule has 0 aliphatic heterocycles. The Morgan fingerprint density at radius 1 is 0.667 bits per heavy atom. The maximum absolute atomic E-state index is 8.52. The van der Waals surface area contributed by atoms with Gasteiger partial charge in [-0.3, -0.25) is 0 Å². The topological polar surface area (TPSA) is 32.5 Å². The zero-order valence-corrected chi connectivity index (χ0v) is 20.5. The van der Waals surface area contributed by atoms with Gasteiger partial charge < -0.3 is 0 Å². The normalized spacial score (nSPS) is 9.64. The van der Waals surface area contributed by atoms with Crippen LogP contribution in [0, 0.1) is 24.5 Å². The summed E-state index contributed by atoms with van der Waals surface area (Å²) in [6, 6.07) is 25.3. The van der Waals surface area contributed by atoms with Crippen LogP contribution in [0.5, 0.6) is 0 Å². The standard InChI is InChI=1S/3C10H11N/c1-8(2)9-5-4-6-10(7-9)11-3;1-8(2)9-6-4-5-7-10(9)11-3;1-8(2)10-5-3-9(7-11)4-6-10/h2*4-8H,1-2H3;3-6,8H,1-2H3. The molecule has 0 saturated carbocycles. The average Bonchev–Trinajstić information content (AvgIpc) is 2.84. The van der Waals surface area contributed by atoms with Gasteiger partial charge in [0.1, 0.15) is 0 Å². The summed E-state index contributed by atoms with van der Waals surface area (Å²) < 4.78 is 0. The number of hydrogen-bond donors (Lipinski definition) is 0. The SMILES string of the molecule is CC(C)c1ccc(C#N)cc1.[C-]#[N+]c1cccc(C(C)C)c1.[C-]#[N+]c1ccccc1C(C)C. The summed E-state index contributed by atoms with van der Waals surface area (Å²) in [6.45, 7) is 26.4. The zero-order chi connectivity index (χ0) is 24.8. The van der Waals surface area contributed by atoms with Crippen LogP contribution in [0.2, 0.25) is 0 Å². The molecule has 0 radical (unpaired) electrons. The molecule has 3 nitrogen and oxygen atoms in total. The maximum atomic E-state index is 8.52. The molecule has 3 aromatic rings. The van der Waals surface area contributed by atoms with E-state index in [9.17, 15) is 0 Å². The van der Waals surface area contributed by atoms with E-state index >= 15 is 0 Å². The van der Waals surface area contributed by atoms with E-state index in [1.165, 1.54) is 11.1 Å². The second-order valence-corrected chi connectivity index (χ2v) is 8.58. The third-order valence-electron chi connectivity index (χ3n) is 5.05. The molecule has 0 heterocycles. The van der Waals surface area contributed by atoms with Crippen LogP contribution in [-0.2, 0) is 0 Å². The molecule has 0 bridgehead atoms. The smallest absolute Gasteiger partial charge is 0.190 e. The summed E-state index contributed by atoms with van der Waals surface area (Å²) in [5.74, 6) is 1.50. The molecule has 0 aliphatic carbocycles. The lowest BCUT2D eigenvalue weighted by Gasteiger charge is -2.05. The average molecular weight is 436 g/mol. The second kappa shape index (κ2) is 14.2. The summed E-state index contributed by atoms with van der Waals surface area (Å²) in [4.78, 5) is 6.81. The minimum atomic E-state index is 0.445. The van der Waals surface area contributed by atoms with Gasteiger partial charge in [0.15, 0.2) is 11.4 Å². The Kier molecular flexibility index (Phi) is 11.7. The van der Waals surface area contributed by atoms with Crippen molar-refractivity contribution in [1.82, 2.24) is 0 Å². The Labute approximate surface area is 200 Å². The van der Waals surface area contributed by atoms with Gasteiger partial charge in [-0.15, -0.1) is 0 Å². The van der Waals surface area contributed by atoms with E-state index in [2.05, 4.69) is 63.4 Å². The first-order chi connectivity index (χ1) is 15.7. The first-order valence-corrected chi connectivity index (χ1v) is 11.2. The van der Waals surface area contributed by atoms with E-state index in [1.807, 2.05) is 66.7 Å². The molecule has 0 N–H and O–H groups in total. The van der Waals surface area contributed by atoms with Crippen molar-refractivity contribution in [3.8, 4) is 6.07 Å². The van der Waals surface area contributed by atoms with Crippen LogP contribution in [0.15, 0.2) is 72.8 Å². The van der Waals surface area contributed by atoms with Crippen molar-refractivity contribution in [3.05, 3.63) is 118 Å². The fraction of sp³-hybridized carbons (Fsp3) is 0.300. The lowest BCUT2D eigenvalue weighted by atomic mass is 10.0. The van der Waals surface area contributed by atoms with Crippen molar-refractivity contribution in [2.75, 3.05) is 0 Å². The first-order valence-electron chi connectivity index (χ1n) is 11.2. The fourth-order valence-electron chi connectivity index (χ4n) is 2.97. The fourth-order valence-corrected chi connectivity index (χ4v) is 2.97. The summed E-state index contributed by atoms with van der Waals surface area (Å²) in [5.41, 5.74) is 5.90. The van der Waals surface area contributed by atoms with Gasteiger partial charge >= 0.3 is 0 Å². The van der Waals surface area contributed by atoms with Gasteiger partial charge in [-0.25, -0.2) is 9.69 Å². The van der Waals surface area contributed by atoms with E-state index < -0.39 is 0 Å². The van der Waals surface area contributed by atoms with E-state index in [4.69, 9.17) is 18.4 Å². The highest BCUT2D eigenvalue weighted by Gasteiger charge is 2.03. The molecule has 0 unspecified atom stereocenters. The molecule has 168 valence electrons. The molecule has 3 rings (SSSR count). The zero-order valence-electron chi connectivity index (χ0n) is 20.5. The molecule has 0 atom stereocenters. The van der Waals surface area contributed by atoms with Gasteiger partial charge in [0, 0.05) is 0 Å². The van der Waals surface area contributed by atoms with E-state index in [-0.39, 0.29) is 0 Å². The highest BCUT2D eigenvalue weighted by atomic mass is 14.6. The lowest BCUT2D eigenvalue weighted by Crippen LogP contribution is -1.85. The van der Waals surface area contributed by atoms with Crippen LogP contribution < -0.4 is 0 Å². The molecule has 0 fully saturated rings. The number of nitrogens with zero attached hydrogens (tertiary/aromatic N) is 3. The first kappa shape index (κ1) is 27.2. The van der Waals surface area contributed by atoms with Crippen molar-refractivity contribution >= 4 is 11.4 Å². The van der Waals surface area contributed by atoms with Crippen LogP contribution >= 0.6 is 0 Å². The molecule has 0 spiro atoms. The summed E-state index contributed by atoms with van der Waals surface area (Å²) in [6.07, 6.45) is 0. The van der Waals surface area contributed by atoms with Crippen molar-refractivity contribution in [1.29, 1.82) is 5.26 Å². The molecule has 0 saturated heterocycles. The molecule has 0 aromatic heterocycles. The monoisotopic (exact) mass is 435 g/mol. The number of rotatable bonds is 3. The Hall–Kier alpha value is -3.87. The number of benzene rings is 3. The molecular formula is C30H33N3. The summed E-state index contributed by atoms with van der Waals surface area (Å²) >= 11 is 0. The van der Waals surface area contributed by atoms with Crippen molar-refractivity contribution in [2.45, 2.75) is 59.3 Å². The van der Waals surface area contributed by atoms with Crippen LogP contribution in [0.4, 0.5) is 11.4 Å². The highest BCUT2D eigenvalue weighted by Crippen LogP contribution is 2.25. The number of para-hydroxylation sites is 1. The molecule has 0 amide bonds. The quantitative estimate of drug-likeness (QED) is 0.377. The van der Waals surface area contributed by atoms with Crippen LogP contribution in [0.3, 0.4) is 0 Å². The molecular weight excluding hydrogens is 402 g/mol. The Morgan fingerprint density at radius 3 is 1.73 bits per heavy atom. The van der Waals surface area contributed by atoms with Crippen molar-refractivity contribution in [2.24, 2.45) is 0 Å². The van der Waals surface area contributed by atoms with Crippen LogP contribution in [0.25, 0.3) is 9.69 Å². The molecule has 0 aliphatic rings. The van der Waals surface area contributed by atoms with Gasteiger partial charge in [-0.2, -0.15) is 5.26 Å². The molecule has 33 heavy (non-hydrogen) atoms. The van der Waals surface area contributed by atoms with Gasteiger partial charge in [0.25, 0.3) is 0 Å². The van der Waals surface area contributed by atoms with E-state index in [0.717, 1.165) is 22.5 Å². The lowest BCUT2D eigenvalue weighted by molar-refractivity contribution is 0.866. The maximum Gasteiger partial charge on any atom is 0.190 e. The Morgan fingerprint density at radius 2 is 1.27 bits per heavy atom. The summed E-state index contributed by atoms with van der Waals surface area (Å²) in [7, 11) is 0. The van der Waals surface area contributed by atoms with Gasteiger partial charge in [0.2, 0.25) is 0 Å². The van der Waals surface area contributed by atoms with Gasteiger partial charge in [-0.1, -0.05) is 108 Å². The Balaban J connectivity index is 0.000000247. The minimum absolute atomic E-state index is 0.445. The van der Waals surface area contributed by atoms with Crippen LogP contribution in [-0.4, -0.2) is 0 Å². The summed E-state index contributed by atoms with van der Waals surface area (Å²) in [5, 5.41) is 8.52. The largest absolute Gasteiger partial charge is 0.238 e. The second-order valence-electron chi connectivity index (χ2n) is 8.58. The highest BCUT2D eigenvalue weighted by molar-refractivity contribution is 5.53. The van der Waals surface area contributed by atoms with E-state index in [1.54, 1.807) is 0 Å². The third-order valence-corrected chi connectivity index (χ3v) is 5.05. The predicted molar refractivity (Wildman–Crippen MR) is 139 cm³/mol. The number of hydrogen-bond acceptors (Lipinski definition) is 1. The molecule has 3 aromatic carbocycles. The van der Waals surface area contributed by atoms with Gasteiger partial charge in [0.05, 0.1) is 24.8 Å². The van der Waals surface area contributed by atoms with Crippen molar-refractivity contribution in [3.63, 3.8) is 0 Å². The third kappa shape index (κ3) is 9.43. The van der Waals surface area contributed by atoms with Crippen LogP contribution in [0.1, 0.15) is 81.5 Å². The Bertz CT molecular complexity index is 1120. The molecule has 3 heteroatoms. The predicted octanol–water partition coefficient (Wildman–Crippen LogP) is 9.40.